The number of hydrogen-bond acceptors (Lipinski definition) is 3. The first-order valence-electron chi connectivity index (χ1n) is 12.1. The van der Waals surface area contributed by atoms with Crippen LogP contribution in [0.2, 0.25) is 0 Å². The number of likely N-dealkylation sites (tertiary alicyclic amines) is 1. The fraction of sp³-hybridized carbons (Fsp3) is 0.310. The number of ether oxygens (including phenoxy) is 1. The van der Waals surface area contributed by atoms with Gasteiger partial charge in [-0.15, -0.1) is 0 Å². The van der Waals surface area contributed by atoms with Gasteiger partial charge in [-0.1, -0.05) is 60.2 Å². The van der Waals surface area contributed by atoms with E-state index < -0.39 is 0 Å². The van der Waals surface area contributed by atoms with E-state index in [1.54, 1.807) is 12.0 Å². The molecule has 0 spiro atoms. The van der Waals surface area contributed by atoms with Crippen molar-refractivity contribution in [2.45, 2.75) is 38.8 Å². The molecule has 0 saturated carbocycles. The average molecular weight is 472 g/mol. The first-order valence-corrected chi connectivity index (χ1v) is 12.1. The first kappa shape index (κ1) is 24.3. The molecular weight excluding hydrogens is 438 g/mol. The lowest BCUT2D eigenvalue weighted by atomic mass is 9.88. The predicted molar refractivity (Wildman–Crippen MR) is 138 cm³/mol. The molecule has 1 fully saturated rings. The summed E-state index contributed by atoms with van der Waals surface area (Å²) in [5.74, 6) is 0.429. The summed E-state index contributed by atoms with van der Waals surface area (Å²) in [6.07, 6.45) is 1.44. The van der Waals surface area contributed by atoms with Crippen LogP contribution in [0.4, 0.5) is 10.5 Å². The highest BCUT2D eigenvalue weighted by atomic mass is 16.5. The van der Waals surface area contributed by atoms with Gasteiger partial charge in [0.1, 0.15) is 5.75 Å². The monoisotopic (exact) mass is 471 g/mol. The Morgan fingerprint density at radius 3 is 2.40 bits per heavy atom. The molecule has 3 aromatic carbocycles. The van der Waals surface area contributed by atoms with Gasteiger partial charge in [0.2, 0.25) is 5.91 Å². The molecule has 1 aliphatic rings. The van der Waals surface area contributed by atoms with Crippen LogP contribution < -0.4 is 15.4 Å². The average Bonchev–Trinajstić information content (AvgIpc) is 2.89. The van der Waals surface area contributed by atoms with Crippen molar-refractivity contribution in [1.82, 2.24) is 10.2 Å². The SMILES string of the molecule is COc1ccc(NC(=O)N2CC(C(=O)NC(C)c3ccccc3)CCC2c2cccc(C)c2)cc1. The summed E-state index contributed by atoms with van der Waals surface area (Å²) in [5.41, 5.74) is 3.98. The molecule has 1 aliphatic heterocycles. The number of nitrogens with zero attached hydrogens (tertiary/aromatic N) is 1. The summed E-state index contributed by atoms with van der Waals surface area (Å²) < 4.78 is 5.21. The molecule has 0 bridgehead atoms. The lowest BCUT2D eigenvalue weighted by Gasteiger charge is -2.39. The van der Waals surface area contributed by atoms with E-state index in [0.717, 1.165) is 35.3 Å². The Bertz CT molecular complexity index is 1150. The molecule has 6 nitrogen and oxygen atoms in total. The molecule has 182 valence electrons. The Balaban J connectivity index is 1.51. The number of anilines is 1. The second-order valence-corrected chi connectivity index (χ2v) is 9.16. The molecule has 35 heavy (non-hydrogen) atoms. The highest BCUT2D eigenvalue weighted by Gasteiger charge is 2.36. The number of aryl methyl sites for hydroxylation is 1. The molecule has 3 aromatic rings. The van der Waals surface area contributed by atoms with E-state index >= 15 is 0 Å². The van der Waals surface area contributed by atoms with Crippen molar-refractivity contribution in [3.8, 4) is 5.75 Å². The number of nitrogens with one attached hydrogen (secondary N) is 2. The van der Waals surface area contributed by atoms with E-state index in [1.165, 1.54) is 0 Å². The number of methoxy groups -OCH3 is 1. The normalized spacial score (nSPS) is 18.4. The molecule has 3 atom stereocenters. The van der Waals surface area contributed by atoms with Crippen molar-refractivity contribution in [2.75, 3.05) is 19.0 Å². The number of amides is 3. The number of carbonyl (C=O) groups is 2. The third-order valence-electron chi connectivity index (χ3n) is 6.64. The van der Waals surface area contributed by atoms with Gasteiger partial charge in [0.05, 0.1) is 25.1 Å². The summed E-state index contributed by atoms with van der Waals surface area (Å²) in [6.45, 7) is 4.39. The molecule has 4 rings (SSSR count). The van der Waals surface area contributed by atoms with E-state index in [-0.39, 0.29) is 29.9 Å². The molecule has 2 N–H and O–H groups in total. The van der Waals surface area contributed by atoms with Crippen LogP contribution in [0.25, 0.3) is 0 Å². The summed E-state index contributed by atoms with van der Waals surface area (Å²) in [4.78, 5) is 28.5. The van der Waals surface area contributed by atoms with Gasteiger partial charge in [0.15, 0.2) is 0 Å². The molecule has 1 saturated heterocycles. The fourth-order valence-corrected chi connectivity index (χ4v) is 4.66. The zero-order valence-electron chi connectivity index (χ0n) is 20.5. The fourth-order valence-electron chi connectivity index (χ4n) is 4.66. The van der Waals surface area contributed by atoms with Crippen molar-refractivity contribution in [3.05, 3.63) is 95.6 Å². The highest BCUT2D eigenvalue weighted by molar-refractivity contribution is 5.90. The van der Waals surface area contributed by atoms with Crippen molar-refractivity contribution in [1.29, 1.82) is 0 Å². The number of benzene rings is 3. The largest absolute Gasteiger partial charge is 0.497 e. The van der Waals surface area contributed by atoms with Gasteiger partial charge in [-0.05, 0) is 62.1 Å². The highest BCUT2D eigenvalue weighted by Crippen LogP contribution is 2.35. The summed E-state index contributed by atoms with van der Waals surface area (Å²) in [6, 6.07) is 25.0. The van der Waals surface area contributed by atoms with E-state index in [0.29, 0.717) is 12.2 Å². The Morgan fingerprint density at radius 1 is 0.971 bits per heavy atom. The number of urea groups is 1. The maximum absolute atomic E-state index is 13.5. The second-order valence-electron chi connectivity index (χ2n) is 9.16. The molecule has 0 radical (unpaired) electrons. The molecule has 1 heterocycles. The second kappa shape index (κ2) is 11.1. The van der Waals surface area contributed by atoms with Crippen LogP contribution in [0.3, 0.4) is 0 Å². The zero-order valence-corrected chi connectivity index (χ0v) is 20.5. The molecule has 6 heteroatoms. The maximum Gasteiger partial charge on any atom is 0.322 e. The van der Waals surface area contributed by atoms with Gasteiger partial charge in [-0.3, -0.25) is 4.79 Å². The number of carbonyl (C=O) groups excluding carboxylic acids is 2. The Morgan fingerprint density at radius 2 is 1.71 bits per heavy atom. The quantitative estimate of drug-likeness (QED) is 0.473. The van der Waals surface area contributed by atoms with E-state index in [9.17, 15) is 9.59 Å². The van der Waals surface area contributed by atoms with Gasteiger partial charge < -0.3 is 20.3 Å². The van der Waals surface area contributed by atoms with Crippen molar-refractivity contribution >= 4 is 17.6 Å². The Hall–Kier alpha value is -3.80. The molecular formula is C29H33N3O3. The number of piperidine rings is 1. The third kappa shape index (κ3) is 6.01. The third-order valence-corrected chi connectivity index (χ3v) is 6.64. The lowest BCUT2D eigenvalue weighted by Crippen LogP contribution is -2.48. The predicted octanol–water partition coefficient (Wildman–Crippen LogP) is 5.87. The summed E-state index contributed by atoms with van der Waals surface area (Å²) in [5, 5.41) is 6.14. The van der Waals surface area contributed by atoms with Crippen LogP contribution in [0.5, 0.6) is 5.75 Å². The van der Waals surface area contributed by atoms with Crippen molar-refractivity contribution in [3.63, 3.8) is 0 Å². The summed E-state index contributed by atoms with van der Waals surface area (Å²) >= 11 is 0. The van der Waals surface area contributed by atoms with Gasteiger partial charge in [0, 0.05) is 12.2 Å². The Labute approximate surface area is 207 Å². The maximum atomic E-state index is 13.5. The lowest BCUT2D eigenvalue weighted by molar-refractivity contribution is -0.127. The zero-order chi connectivity index (χ0) is 24.8. The minimum absolute atomic E-state index is 0.0220. The van der Waals surface area contributed by atoms with Gasteiger partial charge >= 0.3 is 6.03 Å². The summed E-state index contributed by atoms with van der Waals surface area (Å²) in [7, 11) is 1.61. The standard InChI is InChI=1S/C29H33N3O3/c1-20-8-7-11-23(18-20)27-17-12-24(28(33)30-21(2)22-9-5-4-6-10-22)19-32(27)29(34)31-25-13-15-26(35-3)16-14-25/h4-11,13-16,18,21,24,27H,12,17,19H2,1-3H3,(H,30,33)(H,31,34). The first-order chi connectivity index (χ1) is 16.9. The van der Waals surface area contributed by atoms with Gasteiger partial charge in [-0.2, -0.15) is 0 Å². The molecule has 3 unspecified atom stereocenters. The van der Waals surface area contributed by atoms with Gasteiger partial charge in [-0.25, -0.2) is 4.79 Å². The smallest absolute Gasteiger partial charge is 0.322 e. The van der Waals surface area contributed by atoms with Crippen LogP contribution in [-0.2, 0) is 4.79 Å². The van der Waals surface area contributed by atoms with E-state index in [1.807, 2.05) is 67.6 Å². The van der Waals surface area contributed by atoms with Crippen LogP contribution in [0, 0.1) is 12.8 Å². The topological polar surface area (TPSA) is 70.7 Å². The van der Waals surface area contributed by atoms with E-state index in [4.69, 9.17) is 4.74 Å². The minimum atomic E-state index is -0.274. The number of rotatable bonds is 6. The van der Waals surface area contributed by atoms with Crippen molar-refractivity contribution < 1.29 is 14.3 Å². The minimum Gasteiger partial charge on any atom is -0.497 e. The Kier molecular flexibility index (Phi) is 7.70. The van der Waals surface area contributed by atoms with Crippen LogP contribution in [-0.4, -0.2) is 30.5 Å². The van der Waals surface area contributed by atoms with Gasteiger partial charge in [0.25, 0.3) is 0 Å². The van der Waals surface area contributed by atoms with Crippen LogP contribution in [0.15, 0.2) is 78.9 Å². The van der Waals surface area contributed by atoms with Crippen molar-refractivity contribution in [2.24, 2.45) is 5.92 Å². The molecule has 3 amide bonds. The van der Waals surface area contributed by atoms with E-state index in [2.05, 4.69) is 35.8 Å². The van der Waals surface area contributed by atoms with Crippen LogP contribution >= 0.6 is 0 Å². The number of hydrogen-bond donors (Lipinski definition) is 2. The molecule has 0 aromatic heterocycles. The molecule has 0 aliphatic carbocycles. The van der Waals surface area contributed by atoms with Crippen LogP contribution in [0.1, 0.15) is 48.5 Å².